The summed E-state index contributed by atoms with van der Waals surface area (Å²) in [5.41, 5.74) is 0.629. The van der Waals surface area contributed by atoms with Gasteiger partial charge in [-0.2, -0.15) is 0 Å². The van der Waals surface area contributed by atoms with E-state index in [4.69, 9.17) is 9.47 Å². The summed E-state index contributed by atoms with van der Waals surface area (Å²) >= 11 is 0. The van der Waals surface area contributed by atoms with Gasteiger partial charge in [-0.25, -0.2) is 14.3 Å². The van der Waals surface area contributed by atoms with Crippen molar-refractivity contribution in [2.45, 2.75) is 27.2 Å². The van der Waals surface area contributed by atoms with E-state index in [2.05, 4.69) is 10.1 Å². The average molecular weight is 307 g/mol. The Hall–Kier alpha value is -2.64. The first-order valence-corrected chi connectivity index (χ1v) is 6.91. The molecule has 118 valence electrons. The molecule has 0 aliphatic rings. The normalized spacial score (nSPS) is 10.7. The van der Waals surface area contributed by atoms with E-state index in [1.165, 1.54) is 6.07 Å². The highest BCUT2D eigenvalue weighted by atomic mass is 16.5. The van der Waals surface area contributed by atoms with Gasteiger partial charge in [0.2, 0.25) is 0 Å². The van der Waals surface area contributed by atoms with Crippen molar-refractivity contribution in [1.82, 2.24) is 14.6 Å². The molecular weight excluding hydrogens is 290 g/mol. The summed E-state index contributed by atoms with van der Waals surface area (Å²) < 4.78 is 10.8. The van der Waals surface area contributed by atoms with E-state index < -0.39 is 17.5 Å². The van der Waals surface area contributed by atoms with Gasteiger partial charge in [0.15, 0.2) is 5.65 Å². The molecule has 0 fully saturated rings. The smallest absolute Gasteiger partial charge is 0.356 e. The predicted molar refractivity (Wildman–Crippen MR) is 76.8 cm³/mol. The van der Waals surface area contributed by atoms with Gasteiger partial charge in [0.25, 0.3) is 5.56 Å². The molecule has 0 unspecified atom stereocenters. The van der Waals surface area contributed by atoms with Crippen LogP contribution in [-0.4, -0.2) is 39.8 Å². The number of hydrogen-bond donors (Lipinski definition) is 1. The second kappa shape index (κ2) is 6.42. The summed E-state index contributed by atoms with van der Waals surface area (Å²) in [4.78, 5) is 39.9. The molecule has 0 radical (unpaired) electrons. The van der Waals surface area contributed by atoms with Crippen LogP contribution in [0.2, 0.25) is 0 Å². The van der Waals surface area contributed by atoms with Crippen molar-refractivity contribution < 1.29 is 19.1 Å². The Kier molecular flexibility index (Phi) is 4.59. The van der Waals surface area contributed by atoms with E-state index in [9.17, 15) is 14.4 Å². The fraction of sp³-hybridized carbons (Fsp3) is 0.429. The van der Waals surface area contributed by atoms with Crippen LogP contribution in [0.1, 0.15) is 35.6 Å². The fourth-order valence-corrected chi connectivity index (χ4v) is 2.04. The first-order valence-electron chi connectivity index (χ1n) is 6.91. The molecule has 22 heavy (non-hydrogen) atoms. The molecule has 2 rings (SSSR count). The first kappa shape index (κ1) is 15.7. The van der Waals surface area contributed by atoms with E-state index >= 15 is 0 Å². The molecule has 0 aromatic carbocycles. The zero-order valence-electron chi connectivity index (χ0n) is 12.6. The van der Waals surface area contributed by atoms with Crippen LogP contribution in [0.25, 0.3) is 5.65 Å². The topological polar surface area (TPSA) is 103 Å². The van der Waals surface area contributed by atoms with Gasteiger partial charge < -0.3 is 9.47 Å². The van der Waals surface area contributed by atoms with Crippen molar-refractivity contribution in [3.8, 4) is 0 Å². The maximum atomic E-state index is 12.4. The highest BCUT2D eigenvalue weighted by Crippen LogP contribution is 2.08. The zero-order chi connectivity index (χ0) is 16.3. The third-order valence-electron chi connectivity index (χ3n) is 3.04. The molecule has 8 heteroatoms. The van der Waals surface area contributed by atoms with E-state index in [0.29, 0.717) is 5.69 Å². The minimum Gasteiger partial charge on any atom is -0.466 e. The van der Waals surface area contributed by atoms with Gasteiger partial charge in [0.1, 0.15) is 5.69 Å². The molecule has 8 nitrogen and oxygen atoms in total. The van der Waals surface area contributed by atoms with Gasteiger partial charge in [-0.1, -0.05) is 0 Å². The number of rotatable bonds is 5. The summed E-state index contributed by atoms with van der Waals surface area (Å²) in [5, 5.41) is 2.64. The lowest BCUT2D eigenvalue weighted by Crippen LogP contribution is -2.25. The maximum absolute atomic E-state index is 12.4. The molecule has 0 spiro atoms. The van der Waals surface area contributed by atoms with Crippen LogP contribution >= 0.6 is 0 Å². The molecular formula is C14H17N3O5. The monoisotopic (exact) mass is 307 g/mol. The number of aromatic amines is 1. The quantitative estimate of drug-likeness (QED) is 0.812. The van der Waals surface area contributed by atoms with E-state index in [0.717, 1.165) is 4.52 Å². The molecule has 2 aromatic heterocycles. The summed E-state index contributed by atoms with van der Waals surface area (Å²) in [6.07, 6.45) is -0.164. The third kappa shape index (κ3) is 3.00. The lowest BCUT2D eigenvalue weighted by Gasteiger charge is -2.05. The van der Waals surface area contributed by atoms with Gasteiger partial charge in [0, 0.05) is 11.8 Å². The van der Waals surface area contributed by atoms with E-state index in [1.807, 2.05) is 0 Å². The van der Waals surface area contributed by atoms with E-state index in [-0.39, 0.29) is 36.5 Å². The summed E-state index contributed by atoms with van der Waals surface area (Å²) in [6, 6.07) is 1.43. The Bertz CT molecular complexity index is 775. The number of esters is 2. The minimum atomic E-state index is -0.572. The Balaban J connectivity index is 2.46. The van der Waals surface area contributed by atoms with Crippen LogP contribution < -0.4 is 5.56 Å². The van der Waals surface area contributed by atoms with Crippen molar-refractivity contribution in [3.63, 3.8) is 0 Å². The average Bonchev–Trinajstić information content (AvgIpc) is 2.88. The Labute approximate surface area is 126 Å². The highest BCUT2D eigenvalue weighted by Gasteiger charge is 2.18. The van der Waals surface area contributed by atoms with Gasteiger partial charge >= 0.3 is 11.9 Å². The minimum absolute atomic E-state index is 0.124. The van der Waals surface area contributed by atoms with Crippen molar-refractivity contribution >= 4 is 17.6 Å². The van der Waals surface area contributed by atoms with Gasteiger partial charge in [-0.15, -0.1) is 0 Å². The van der Waals surface area contributed by atoms with Crippen molar-refractivity contribution in [2.24, 2.45) is 0 Å². The molecule has 0 saturated carbocycles. The second-order valence-electron chi connectivity index (χ2n) is 4.55. The predicted octanol–water partition coefficient (Wildman–Crippen LogP) is 0.613. The Morgan fingerprint density at radius 2 is 1.95 bits per heavy atom. The lowest BCUT2D eigenvalue weighted by molar-refractivity contribution is -0.142. The molecule has 0 aliphatic heterocycles. The van der Waals surface area contributed by atoms with Gasteiger partial charge in [-0.3, -0.25) is 14.7 Å². The number of fused-ring (bicyclic) bond motifs is 1. The standard InChI is InChI=1S/C14H17N3O5/c1-4-21-12(18)6-9-8(3)15-11-7-10(14(20)22-5-2)16-17(11)13(9)19/h7,16H,4-6H2,1-3H3. The summed E-state index contributed by atoms with van der Waals surface area (Å²) in [5.74, 6) is -1.07. The van der Waals surface area contributed by atoms with Crippen LogP contribution in [0.3, 0.4) is 0 Å². The molecule has 2 heterocycles. The van der Waals surface area contributed by atoms with Crippen LogP contribution in [0, 0.1) is 6.92 Å². The van der Waals surface area contributed by atoms with Crippen LogP contribution in [0.5, 0.6) is 0 Å². The number of H-pyrrole nitrogens is 1. The van der Waals surface area contributed by atoms with Crippen LogP contribution in [-0.2, 0) is 20.7 Å². The van der Waals surface area contributed by atoms with E-state index in [1.54, 1.807) is 20.8 Å². The fourth-order valence-electron chi connectivity index (χ4n) is 2.04. The second-order valence-corrected chi connectivity index (χ2v) is 4.55. The molecule has 0 saturated heterocycles. The molecule has 0 atom stereocenters. The number of aryl methyl sites for hydroxylation is 1. The first-order chi connectivity index (χ1) is 10.5. The largest absolute Gasteiger partial charge is 0.466 e. The lowest BCUT2D eigenvalue weighted by atomic mass is 10.2. The number of hydrogen-bond acceptors (Lipinski definition) is 6. The van der Waals surface area contributed by atoms with Gasteiger partial charge in [-0.05, 0) is 20.8 Å². The summed E-state index contributed by atoms with van der Waals surface area (Å²) in [7, 11) is 0. The zero-order valence-corrected chi connectivity index (χ0v) is 12.6. The number of ether oxygens (including phenoxy) is 2. The SMILES string of the molecule is CCOC(=O)Cc1c(C)nc2cc(C(=O)OCC)[nH]n2c1=O. The van der Waals surface area contributed by atoms with Crippen LogP contribution in [0.4, 0.5) is 0 Å². The number of carbonyl (C=O) groups excluding carboxylic acids is 2. The maximum Gasteiger partial charge on any atom is 0.356 e. The van der Waals surface area contributed by atoms with Crippen molar-refractivity contribution in [1.29, 1.82) is 0 Å². The Morgan fingerprint density at radius 3 is 2.59 bits per heavy atom. The number of nitrogens with one attached hydrogen (secondary N) is 1. The number of carbonyl (C=O) groups is 2. The molecule has 1 N–H and O–H groups in total. The van der Waals surface area contributed by atoms with Crippen LogP contribution in [0.15, 0.2) is 10.9 Å². The summed E-state index contributed by atoms with van der Waals surface area (Å²) in [6.45, 7) is 5.48. The molecule has 0 bridgehead atoms. The van der Waals surface area contributed by atoms with Crippen molar-refractivity contribution in [2.75, 3.05) is 13.2 Å². The molecule has 0 aliphatic carbocycles. The molecule has 2 aromatic rings. The number of aromatic nitrogens is 3. The van der Waals surface area contributed by atoms with Crippen molar-refractivity contribution in [3.05, 3.63) is 33.4 Å². The Morgan fingerprint density at radius 1 is 1.27 bits per heavy atom. The highest BCUT2D eigenvalue weighted by molar-refractivity contribution is 5.88. The number of nitrogens with zero attached hydrogens (tertiary/aromatic N) is 2. The van der Waals surface area contributed by atoms with Gasteiger partial charge in [0.05, 0.1) is 25.2 Å². The third-order valence-corrected chi connectivity index (χ3v) is 3.04. The molecule has 0 amide bonds.